The molecule has 0 radical (unpaired) electrons. The molecule has 0 atom stereocenters. The highest BCUT2D eigenvalue weighted by Crippen LogP contribution is 2.41. The highest BCUT2D eigenvalue weighted by molar-refractivity contribution is 5.74. The van der Waals surface area contributed by atoms with Crippen molar-refractivity contribution in [2.45, 2.75) is 115 Å². The summed E-state index contributed by atoms with van der Waals surface area (Å²) in [5.74, 6) is -3.21. The Morgan fingerprint density at radius 1 is 0.439 bits per heavy atom. The number of rotatable bonds is 14. The highest BCUT2D eigenvalue weighted by Gasteiger charge is 2.29. The highest BCUT2D eigenvalue weighted by atomic mass is 14.7. The van der Waals surface area contributed by atoms with Gasteiger partial charge >= 0.3 is 0 Å². The first kappa shape index (κ1) is 33.1. The normalized spacial score (nSPS) is 20.5. The summed E-state index contributed by atoms with van der Waals surface area (Å²) in [6, 6.07) is 53.5. The lowest BCUT2D eigenvalue weighted by atomic mass is 9.74. The SMILES string of the molecule is [2H]C1([2H])C([2H])([2H])C([2H])([2H])C([2H])(c2ccc(-c3cc(-c4ccccc4)ncc3C(C)(C)Cc3cc(CC(C)(C)c4ccc(-c5ccccc5)nc4)cc(CC(C)(C)c4ccc(-c5ccccc5)nc4)c3)cc2)C([2H])([2H])C1([2H])[2H]. The molecule has 332 valence electrons. The van der Waals surface area contributed by atoms with E-state index in [4.69, 9.17) is 28.7 Å². The molecule has 0 bridgehead atoms. The molecule has 1 fully saturated rings. The van der Waals surface area contributed by atoms with Crippen LogP contribution in [0.3, 0.4) is 0 Å². The molecule has 0 unspecified atom stereocenters. The number of hydrogen-bond acceptors (Lipinski definition) is 3. The van der Waals surface area contributed by atoms with Gasteiger partial charge in [-0.2, -0.15) is 0 Å². The van der Waals surface area contributed by atoms with Crippen molar-refractivity contribution in [3.8, 4) is 44.9 Å². The van der Waals surface area contributed by atoms with Crippen LogP contribution in [-0.2, 0) is 35.5 Å². The van der Waals surface area contributed by atoms with Gasteiger partial charge in [0, 0.05) is 50.4 Å². The van der Waals surface area contributed by atoms with E-state index in [0.717, 1.165) is 68.7 Å². The van der Waals surface area contributed by atoms with E-state index in [-0.39, 0.29) is 16.4 Å². The van der Waals surface area contributed by atoms with Gasteiger partial charge in [-0.1, -0.05) is 206 Å². The molecular formula is C63H65N3. The van der Waals surface area contributed by atoms with Crippen LogP contribution < -0.4 is 0 Å². The maximum absolute atomic E-state index is 9.45. The number of benzene rings is 5. The van der Waals surface area contributed by atoms with E-state index in [1.165, 1.54) is 23.3 Å². The summed E-state index contributed by atoms with van der Waals surface area (Å²) in [5.41, 5.74) is 12.1. The van der Waals surface area contributed by atoms with Gasteiger partial charge in [-0.15, -0.1) is 0 Å². The van der Waals surface area contributed by atoms with Crippen LogP contribution in [0.4, 0.5) is 0 Å². The molecule has 3 heterocycles. The van der Waals surface area contributed by atoms with Crippen LogP contribution in [0.15, 0.2) is 182 Å². The quantitative estimate of drug-likeness (QED) is 0.109. The van der Waals surface area contributed by atoms with Gasteiger partial charge in [-0.05, 0) is 122 Å². The molecule has 3 nitrogen and oxygen atoms in total. The summed E-state index contributed by atoms with van der Waals surface area (Å²) in [7, 11) is 0. The van der Waals surface area contributed by atoms with E-state index < -0.39 is 43.2 Å². The van der Waals surface area contributed by atoms with E-state index >= 15 is 0 Å². The fourth-order valence-corrected chi connectivity index (χ4v) is 9.33. The maximum atomic E-state index is 9.45. The zero-order chi connectivity index (χ0) is 55.6. The van der Waals surface area contributed by atoms with Crippen molar-refractivity contribution in [3.05, 3.63) is 221 Å². The van der Waals surface area contributed by atoms with Crippen LogP contribution >= 0.6 is 0 Å². The van der Waals surface area contributed by atoms with Crippen LogP contribution in [0.1, 0.15) is 133 Å². The standard InChI is InChI=1S/C63H65N3/c1-61(2,54-31-33-58(64-42-54)51-21-13-8-14-22-51)39-45-35-46(40-62(3,4)55-32-34-59(65-43-55)52-23-15-9-16-24-52)37-47(36-45)41-63(5,6)57-44-66-60(53-25-17-10-18-26-53)38-56(57)50-29-27-49(28-30-50)48-19-11-7-12-20-48/h8-10,13-18,21-38,42-44,48H,7,11-12,19-20,39-41H2,1-6H3/i7D2,11D2,12D2,19D2,20D2,48D. The minimum absolute atomic E-state index is 0.289. The van der Waals surface area contributed by atoms with Crippen molar-refractivity contribution in [1.82, 2.24) is 15.0 Å². The van der Waals surface area contributed by atoms with Crippen molar-refractivity contribution in [3.63, 3.8) is 0 Å². The van der Waals surface area contributed by atoms with Crippen molar-refractivity contribution < 1.29 is 15.1 Å². The zero-order valence-electron chi connectivity index (χ0n) is 49.8. The number of hydrogen-bond donors (Lipinski definition) is 0. The minimum atomic E-state index is -3.62. The molecule has 3 heteroatoms. The predicted molar refractivity (Wildman–Crippen MR) is 277 cm³/mol. The molecule has 3 aromatic heterocycles. The molecule has 0 aliphatic heterocycles. The Labute approximate surface area is 410 Å². The molecule has 9 rings (SSSR count). The van der Waals surface area contributed by atoms with Gasteiger partial charge < -0.3 is 0 Å². The van der Waals surface area contributed by atoms with Gasteiger partial charge in [0.15, 0.2) is 0 Å². The van der Waals surface area contributed by atoms with E-state index in [0.29, 0.717) is 17.7 Å². The van der Waals surface area contributed by atoms with E-state index in [2.05, 4.69) is 108 Å². The number of aromatic nitrogens is 3. The van der Waals surface area contributed by atoms with E-state index in [1.807, 2.05) is 91.4 Å². The molecule has 0 amide bonds. The summed E-state index contributed by atoms with van der Waals surface area (Å²) >= 11 is 0. The first-order valence-corrected chi connectivity index (χ1v) is 22.9. The average Bonchev–Trinajstić information content (AvgIpc) is 3.59. The Balaban J connectivity index is 1.11. The Morgan fingerprint density at radius 2 is 0.864 bits per heavy atom. The second kappa shape index (κ2) is 19.2. The summed E-state index contributed by atoms with van der Waals surface area (Å²) in [6.07, 6.45) is -9.91. The second-order valence-electron chi connectivity index (χ2n) is 19.5. The monoisotopic (exact) mass is 875 g/mol. The lowest BCUT2D eigenvalue weighted by Gasteiger charge is -2.31. The van der Waals surface area contributed by atoms with Crippen molar-refractivity contribution in [2.24, 2.45) is 0 Å². The van der Waals surface area contributed by atoms with Gasteiger partial charge in [0.05, 0.1) is 17.1 Å². The Morgan fingerprint density at radius 3 is 1.30 bits per heavy atom. The van der Waals surface area contributed by atoms with E-state index in [9.17, 15) is 1.37 Å². The van der Waals surface area contributed by atoms with Gasteiger partial charge in [0.2, 0.25) is 0 Å². The molecule has 0 spiro atoms. The topological polar surface area (TPSA) is 38.7 Å². The van der Waals surface area contributed by atoms with Crippen LogP contribution in [0.5, 0.6) is 0 Å². The van der Waals surface area contributed by atoms with Crippen LogP contribution in [0.2, 0.25) is 0 Å². The van der Waals surface area contributed by atoms with Crippen LogP contribution in [0.25, 0.3) is 44.9 Å². The molecular weight excluding hydrogens is 799 g/mol. The molecule has 1 aliphatic carbocycles. The molecule has 66 heavy (non-hydrogen) atoms. The molecule has 8 aromatic rings. The molecule has 0 N–H and O–H groups in total. The summed E-state index contributed by atoms with van der Waals surface area (Å²) in [5, 5.41) is 0. The maximum Gasteiger partial charge on any atom is 0.0708 e. The zero-order valence-corrected chi connectivity index (χ0v) is 38.8. The predicted octanol–water partition coefficient (Wildman–Crippen LogP) is 16.1. The van der Waals surface area contributed by atoms with Crippen LogP contribution in [-0.4, -0.2) is 15.0 Å². The minimum Gasteiger partial charge on any atom is -0.256 e. The smallest absolute Gasteiger partial charge is 0.0708 e. The first-order valence-electron chi connectivity index (χ1n) is 28.4. The second-order valence-corrected chi connectivity index (χ2v) is 19.5. The molecule has 0 saturated heterocycles. The lowest BCUT2D eigenvalue weighted by Crippen LogP contribution is -2.24. The van der Waals surface area contributed by atoms with Gasteiger partial charge in [-0.25, -0.2) is 0 Å². The number of pyridine rings is 3. The fraction of sp³-hybridized carbons (Fsp3) is 0.286. The molecule has 1 aliphatic rings. The summed E-state index contributed by atoms with van der Waals surface area (Å²) in [4.78, 5) is 14.8. The third kappa shape index (κ3) is 10.3. The summed E-state index contributed by atoms with van der Waals surface area (Å²) < 4.78 is 96.1. The average molecular weight is 875 g/mol. The molecule has 5 aromatic carbocycles. The Kier molecular flexibility index (Phi) is 9.62. The fourth-order valence-electron chi connectivity index (χ4n) is 9.33. The van der Waals surface area contributed by atoms with Crippen molar-refractivity contribution in [2.75, 3.05) is 0 Å². The lowest BCUT2D eigenvalue weighted by molar-refractivity contribution is 0.443. The first-order chi connectivity index (χ1) is 36.0. The van der Waals surface area contributed by atoms with Crippen molar-refractivity contribution in [1.29, 1.82) is 0 Å². The Bertz CT molecular complexity index is 3230. The third-order valence-electron chi connectivity index (χ3n) is 13.0. The van der Waals surface area contributed by atoms with Gasteiger partial charge in [0.25, 0.3) is 0 Å². The largest absolute Gasteiger partial charge is 0.256 e. The van der Waals surface area contributed by atoms with E-state index in [1.54, 1.807) is 12.1 Å². The van der Waals surface area contributed by atoms with Crippen molar-refractivity contribution >= 4 is 0 Å². The third-order valence-corrected chi connectivity index (χ3v) is 13.0. The van der Waals surface area contributed by atoms with Gasteiger partial charge in [-0.3, -0.25) is 15.0 Å². The van der Waals surface area contributed by atoms with Crippen LogP contribution in [0, 0.1) is 0 Å². The van der Waals surface area contributed by atoms with Gasteiger partial charge in [0.1, 0.15) is 0 Å². The number of nitrogens with zero attached hydrogens (tertiary/aromatic N) is 3. The summed E-state index contributed by atoms with van der Waals surface area (Å²) in [6.45, 7) is 13.4. The molecule has 1 saturated carbocycles. The Hall–Kier alpha value is -6.45.